The number of rotatable bonds is 5. The highest BCUT2D eigenvalue weighted by atomic mass is 16.1. The molecule has 0 bridgehead atoms. The Kier molecular flexibility index (Phi) is 4.08. The van der Waals surface area contributed by atoms with E-state index in [9.17, 15) is 4.79 Å². The minimum atomic E-state index is -0.313. The third kappa shape index (κ3) is 3.17. The number of hydrogen-bond donors (Lipinski definition) is 2. The summed E-state index contributed by atoms with van der Waals surface area (Å²) in [5, 5.41) is 7.76. The van der Waals surface area contributed by atoms with Gasteiger partial charge in [-0.1, -0.05) is 12.1 Å². The van der Waals surface area contributed by atoms with Crippen molar-refractivity contribution in [1.82, 2.24) is 9.78 Å². The normalized spacial score (nSPS) is 10.6. The molecule has 0 spiro atoms. The van der Waals surface area contributed by atoms with Gasteiger partial charge in [-0.25, -0.2) is 0 Å². The number of carbonyl (C=O) groups excluding carboxylic acids is 1. The molecule has 3 N–H and O–H groups in total. The van der Waals surface area contributed by atoms with E-state index in [4.69, 9.17) is 5.73 Å². The number of hydrogen-bond acceptors (Lipinski definition) is 3. The highest BCUT2D eigenvalue weighted by molar-refractivity contribution is 5.76. The maximum atomic E-state index is 10.8. The molecule has 0 aliphatic carbocycles. The molecular formula is C15H20N4O. The molecule has 1 aromatic carbocycles. The second-order valence-corrected chi connectivity index (χ2v) is 4.97. The molecule has 5 nitrogen and oxygen atoms in total. The molecular weight excluding hydrogens is 252 g/mol. The Morgan fingerprint density at radius 3 is 2.45 bits per heavy atom. The standard InChI is InChI=1S/C15H20N4O/c1-10-14(11(2)19(3)18-10)9-17-13-6-4-12(5-7-13)8-15(16)20/h4-7,17H,8-9H2,1-3H3,(H2,16,20). The summed E-state index contributed by atoms with van der Waals surface area (Å²) in [5.41, 5.74) is 10.5. The second kappa shape index (κ2) is 5.77. The highest BCUT2D eigenvalue weighted by Crippen LogP contribution is 2.15. The number of nitrogens with zero attached hydrogens (tertiary/aromatic N) is 2. The summed E-state index contributed by atoms with van der Waals surface area (Å²) >= 11 is 0. The van der Waals surface area contributed by atoms with Crippen LogP contribution in [0, 0.1) is 13.8 Å². The van der Waals surface area contributed by atoms with Crippen LogP contribution in [0.1, 0.15) is 22.5 Å². The van der Waals surface area contributed by atoms with Gasteiger partial charge in [0.1, 0.15) is 0 Å². The lowest BCUT2D eigenvalue weighted by atomic mass is 10.1. The molecule has 2 rings (SSSR count). The first kappa shape index (κ1) is 14.1. The molecule has 0 aliphatic heterocycles. The van der Waals surface area contributed by atoms with Gasteiger partial charge in [0.2, 0.25) is 5.91 Å². The Labute approximate surface area is 118 Å². The van der Waals surface area contributed by atoms with Gasteiger partial charge < -0.3 is 11.1 Å². The van der Waals surface area contributed by atoms with E-state index in [0.29, 0.717) is 0 Å². The Morgan fingerprint density at radius 1 is 1.30 bits per heavy atom. The van der Waals surface area contributed by atoms with Crippen LogP contribution in [0.25, 0.3) is 0 Å². The predicted molar refractivity (Wildman–Crippen MR) is 79.3 cm³/mol. The summed E-state index contributed by atoms with van der Waals surface area (Å²) in [6.45, 7) is 4.81. The van der Waals surface area contributed by atoms with Gasteiger partial charge in [-0.3, -0.25) is 9.48 Å². The van der Waals surface area contributed by atoms with E-state index >= 15 is 0 Å². The molecule has 1 amide bonds. The molecule has 1 aromatic heterocycles. The van der Waals surface area contributed by atoms with Crippen molar-refractivity contribution in [2.75, 3.05) is 5.32 Å². The van der Waals surface area contributed by atoms with E-state index in [2.05, 4.69) is 17.3 Å². The topological polar surface area (TPSA) is 72.9 Å². The Balaban J connectivity index is 2.02. The lowest BCUT2D eigenvalue weighted by Gasteiger charge is -2.08. The minimum Gasteiger partial charge on any atom is -0.381 e. The Bertz CT molecular complexity index is 614. The fourth-order valence-electron chi connectivity index (χ4n) is 2.21. The summed E-state index contributed by atoms with van der Waals surface area (Å²) in [7, 11) is 1.95. The number of carbonyl (C=O) groups is 1. The lowest BCUT2D eigenvalue weighted by molar-refractivity contribution is -0.117. The fourth-order valence-corrected chi connectivity index (χ4v) is 2.21. The smallest absolute Gasteiger partial charge is 0.221 e. The van der Waals surface area contributed by atoms with Gasteiger partial charge in [0.15, 0.2) is 0 Å². The number of nitrogens with one attached hydrogen (secondary N) is 1. The first-order valence-corrected chi connectivity index (χ1v) is 6.57. The lowest BCUT2D eigenvalue weighted by Crippen LogP contribution is -2.13. The van der Waals surface area contributed by atoms with E-state index in [1.807, 2.05) is 42.9 Å². The average Bonchev–Trinajstić information content (AvgIpc) is 2.62. The number of aromatic nitrogens is 2. The molecule has 0 atom stereocenters. The zero-order chi connectivity index (χ0) is 14.7. The molecule has 0 saturated carbocycles. The molecule has 0 unspecified atom stereocenters. The van der Waals surface area contributed by atoms with Crippen molar-refractivity contribution in [2.45, 2.75) is 26.8 Å². The number of aryl methyl sites for hydroxylation is 2. The number of primary amides is 1. The van der Waals surface area contributed by atoms with Crippen molar-refractivity contribution < 1.29 is 4.79 Å². The zero-order valence-electron chi connectivity index (χ0n) is 12.1. The first-order valence-electron chi connectivity index (χ1n) is 6.57. The van der Waals surface area contributed by atoms with Gasteiger partial charge in [-0.05, 0) is 31.5 Å². The van der Waals surface area contributed by atoms with E-state index in [-0.39, 0.29) is 12.3 Å². The quantitative estimate of drug-likeness (QED) is 0.869. The molecule has 2 aromatic rings. The summed E-state index contributed by atoms with van der Waals surface area (Å²) in [6, 6.07) is 7.74. The van der Waals surface area contributed by atoms with Gasteiger partial charge in [0.05, 0.1) is 12.1 Å². The molecule has 0 saturated heterocycles. The van der Waals surface area contributed by atoms with Gasteiger partial charge >= 0.3 is 0 Å². The molecule has 20 heavy (non-hydrogen) atoms. The molecule has 0 radical (unpaired) electrons. The number of amides is 1. The highest BCUT2D eigenvalue weighted by Gasteiger charge is 2.08. The van der Waals surface area contributed by atoms with E-state index < -0.39 is 0 Å². The third-order valence-corrected chi connectivity index (χ3v) is 3.46. The van der Waals surface area contributed by atoms with Crippen molar-refractivity contribution in [3.8, 4) is 0 Å². The van der Waals surface area contributed by atoms with Gasteiger partial charge in [0, 0.05) is 30.5 Å². The van der Waals surface area contributed by atoms with Crippen LogP contribution in [0.4, 0.5) is 5.69 Å². The van der Waals surface area contributed by atoms with E-state index in [1.165, 1.54) is 11.3 Å². The average molecular weight is 272 g/mol. The number of benzene rings is 1. The number of anilines is 1. The summed E-state index contributed by atoms with van der Waals surface area (Å²) in [4.78, 5) is 10.8. The van der Waals surface area contributed by atoms with Crippen molar-refractivity contribution in [2.24, 2.45) is 12.8 Å². The van der Waals surface area contributed by atoms with Crippen LogP contribution in [-0.2, 0) is 24.8 Å². The molecule has 0 aliphatic rings. The largest absolute Gasteiger partial charge is 0.381 e. The van der Waals surface area contributed by atoms with Gasteiger partial charge in [-0.2, -0.15) is 5.10 Å². The first-order chi connectivity index (χ1) is 9.47. The maximum Gasteiger partial charge on any atom is 0.221 e. The minimum absolute atomic E-state index is 0.279. The summed E-state index contributed by atoms with van der Waals surface area (Å²) in [6.07, 6.45) is 0.279. The second-order valence-electron chi connectivity index (χ2n) is 4.97. The Morgan fingerprint density at radius 2 is 1.95 bits per heavy atom. The zero-order valence-corrected chi connectivity index (χ0v) is 12.1. The summed E-state index contributed by atoms with van der Waals surface area (Å²) in [5.74, 6) is -0.313. The van der Waals surface area contributed by atoms with Crippen molar-refractivity contribution >= 4 is 11.6 Å². The van der Waals surface area contributed by atoms with E-state index in [1.54, 1.807) is 0 Å². The van der Waals surface area contributed by atoms with Crippen LogP contribution in [-0.4, -0.2) is 15.7 Å². The predicted octanol–water partition coefficient (Wildman–Crippen LogP) is 1.68. The maximum absolute atomic E-state index is 10.8. The number of nitrogens with two attached hydrogens (primary N) is 1. The van der Waals surface area contributed by atoms with Crippen LogP contribution in [0.3, 0.4) is 0 Å². The molecule has 0 fully saturated rings. The van der Waals surface area contributed by atoms with Crippen molar-refractivity contribution in [1.29, 1.82) is 0 Å². The van der Waals surface area contributed by atoms with Crippen LogP contribution in [0.15, 0.2) is 24.3 Å². The van der Waals surface area contributed by atoms with Gasteiger partial charge in [-0.15, -0.1) is 0 Å². The SMILES string of the molecule is Cc1nn(C)c(C)c1CNc1ccc(CC(N)=O)cc1. The van der Waals surface area contributed by atoms with Crippen molar-refractivity contribution in [3.05, 3.63) is 46.8 Å². The molecule has 1 heterocycles. The molecule has 106 valence electrons. The Hall–Kier alpha value is -2.30. The van der Waals surface area contributed by atoms with Crippen molar-refractivity contribution in [3.63, 3.8) is 0 Å². The fraction of sp³-hybridized carbons (Fsp3) is 0.333. The van der Waals surface area contributed by atoms with E-state index in [0.717, 1.165) is 23.5 Å². The van der Waals surface area contributed by atoms with Crippen LogP contribution >= 0.6 is 0 Å². The van der Waals surface area contributed by atoms with Crippen LogP contribution in [0.5, 0.6) is 0 Å². The van der Waals surface area contributed by atoms with Crippen LogP contribution in [0.2, 0.25) is 0 Å². The van der Waals surface area contributed by atoms with Gasteiger partial charge in [0.25, 0.3) is 0 Å². The molecule has 5 heteroatoms. The third-order valence-electron chi connectivity index (χ3n) is 3.46. The monoisotopic (exact) mass is 272 g/mol. The van der Waals surface area contributed by atoms with Crippen LogP contribution < -0.4 is 11.1 Å². The summed E-state index contributed by atoms with van der Waals surface area (Å²) < 4.78 is 1.89.